The SMILES string of the molecule is CNC(COCC(F)(F)F)c1ccccc1OCCOC. The Balaban J connectivity index is 2.66. The minimum absolute atomic E-state index is 0.0966. The number of likely N-dealkylation sites (N-methyl/N-ethyl adjacent to an activating group) is 1. The molecule has 0 aliphatic carbocycles. The molecule has 0 spiro atoms. The average Bonchev–Trinajstić information content (AvgIpc) is 2.44. The van der Waals surface area contributed by atoms with Gasteiger partial charge in [0.1, 0.15) is 19.0 Å². The summed E-state index contributed by atoms with van der Waals surface area (Å²) in [7, 11) is 3.23. The molecule has 0 saturated heterocycles. The van der Waals surface area contributed by atoms with Crippen molar-refractivity contribution in [2.75, 3.05) is 40.6 Å². The highest BCUT2D eigenvalue weighted by atomic mass is 19.4. The monoisotopic (exact) mass is 307 g/mol. The van der Waals surface area contributed by atoms with Crippen LogP contribution in [0.2, 0.25) is 0 Å². The molecule has 0 aliphatic heterocycles. The zero-order valence-electron chi connectivity index (χ0n) is 12.1. The van der Waals surface area contributed by atoms with Gasteiger partial charge in [-0.15, -0.1) is 0 Å². The summed E-state index contributed by atoms with van der Waals surface area (Å²) in [6.45, 7) is -0.560. The molecular weight excluding hydrogens is 287 g/mol. The second-order valence-corrected chi connectivity index (χ2v) is 4.35. The maximum Gasteiger partial charge on any atom is 0.411 e. The van der Waals surface area contributed by atoms with Gasteiger partial charge >= 0.3 is 6.18 Å². The van der Waals surface area contributed by atoms with Crippen LogP contribution >= 0.6 is 0 Å². The zero-order valence-corrected chi connectivity index (χ0v) is 12.1. The van der Waals surface area contributed by atoms with E-state index in [1.165, 1.54) is 0 Å². The van der Waals surface area contributed by atoms with Gasteiger partial charge in [0.25, 0.3) is 0 Å². The lowest BCUT2D eigenvalue weighted by molar-refractivity contribution is -0.175. The molecule has 0 aliphatic rings. The number of halogens is 3. The van der Waals surface area contributed by atoms with Crippen molar-refractivity contribution in [1.82, 2.24) is 5.32 Å². The van der Waals surface area contributed by atoms with E-state index in [4.69, 9.17) is 14.2 Å². The van der Waals surface area contributed by atoms with Gasteiger partial charge in [0.15, 0.2) is 0 Å². The lowest BCUT2D eigenvalue weighted by atomic mass is 10.1. The fraction of sp³-hybridized carbons (Fsp3) is 0.571. The lowest BCUT2D eigenvalue weighted by Crippen LogP contribution is -2.26. The lowest BCUT2D eigenvalue weighted by Gasteiger charge is -2.20. The highest BCUT2D eigenvalue weighted by Crippen LogP contribution is 2.26. The average molecular weight is 307 g/mol. The van der Waals surface area contributed by atoms with Crippen LogP contribution in [0, 0.1) is 0 Å². The van der Waals surface area contributed by atoms with Gasteiger partial charge in [0.2, 0.25) is 0 Å². The number of hydrogen-bond donors (Lipinski definition) is 1. The molecule has 0 amide bonds. The number of ether oxygens (including phenoxy) is 3. The second kappa shape index (κ2) is 8.86. The van der Waals surface area contributed by atoms with Crippen molar-refractivity contribution >= 4 is 0 Å². The van der Waals surface area contributed by atoms with Crippen LogP contribution in [0.5, 0.6) is 5.75 Å². The highest BCUT2D eigenvalue weighted by molar-refractivity contribution is 5.36. The molecular formula is C14H20F3NO3. The van der Waals surface area contributed by atoms with Gasteiger partial charge < -0.3 is 19.5 Å². The van der Waals surface area contributed by atoms with E-state index >= 15 is 0 Å². The van der Waals surface area contributed by atoms with Gasteiger partial charge in [-0.3, -0.25) is 0 Å². The molecule has 21 heavy (non-hydrogen) atoms. The maximum atomic E-state index is 12.1. The molecule has 0 aromatic heterocycles. The Morgan fingerprint density at radius 3 is 2.52 bits per heavy atom. The molecule has 120 valence electrons. The number of para-hydroxylation sites is 1. The summed E-state index contributed by atoms with van der Waals surface area (Å²) in [5.41, 5.74) is 0.748. The number of benzene rings is 1. The van der Waals surface area contributed by atoms with E-state index in [0.29, 0.717) is 19.0 Å². The second-order valence-electron chi connectivity index (χ2n) is 4.35. The third-order valence-corrected chi connectivity index (χ3v) is 2.74. The molecule has 1 rings (SSSR count). The normalized spacial score (nSPS) is 13.2. The summed E-state index contributed by atoms with van der Waals surface area (Å²) >= 11 is 0. The Kier molecular flexibility index (Phi) is 7.49. The van der Waals surface area contributed by atoms with Crippen molar-refractivity contribution in [3.8, 4) is 5.75 Å². The van der Waals surface area contributed by atoms with Gasteiger partial charge in [0.05, 0.1) is 19.3 Å². The zero-order chi connectivity index (χ0) is 15.7. The molecule has 4 nitrogen and oxygen atoms in total. The molecule has 7 heteroatoms. The largest absolute Gasteiger partial charge is 0.491 e. The van der Waals surface area contributed by atoms with Crippen LogP contribution in [-0.2, 0) is 9.47 Å². The van der Waals surface area contributed by atoms with Crippen LogP contribution in [0.1, 0.15) is 11.6 Å². The van der Waals surface area contributed by atoms with Crippen molar-refractivity contribution in [1.29, 1.82) is 0 Å². The Bertz CT molecular complexity index is 413. The molecule has 0 heterocycles. The molecule has 0 saturated carbocycles. The standard InChI is InChI=1S/C14H20F3NO3/c1-18-12(9-20-10-14(15,16)17)11-5-3-4-6-13(11)21-8-7-19-2/h3-6,12,18H,7-10H2,1-2H3. The minimum Gasteiger partial charge on any atom is -0.491 e. The van der Waals surface area contributed by atoms with Gasteiger partial charge in [-0.2, -0.15) is 13.2 Å². The van der Waals surface area contributed by atoms with Crippen LogP contribution in [0.25, 0.3) is 0 Å². The van der Waals surface area contributed by atoms with Crippen LogP contribution < -0.4 is 10.1 Å². The first-order valence-corrected chi connectivity index (χ1v) is 6.50. The van der Waals surface area contributed by atoms with E-state index in [-0.39, 0.29) is 12.6 Å². The third kappa shape index (κ3) is 6.79. The summed E-state index contributed by atoms with van der Waals surface area (Å²) in [4.78, 5) is 0. The molecule has 1 aromatic rings. The van der Waals surface area contributed by atoms with E-state index in [1.54, 1.807) is 38.4 Å². The fourth-order valence-corrected chi connectivity index (χ4v) is 1.76. The van der Waals surface area contributed by atoms with E-state index in [9.17, 15) is 13.2 Å². The summed E-state index contributed by atoms with van der Waals surface area (Å²) in [6.07, 6.45) is -4.33. The summed E-state index contributed by atoms with van der Waals surface area (Å²) in [6, 6.07) is 6.77. The molecule has 1 atom stereocenters. The van der Waals surface area contributed by atoms with Gasteiger partial charge in [-0.25, -0.2) is 0 Å². The molecule has 0 radical (unpaired) electrons. The van der Waals surface area contributed by atoms with Gasteiger partial charge in [-0.05, 0) is 13.1 Å². The van der Waals surface area contributed by atoms with Crippen molar-refractivity contribution in [3.63, 3.8) is 0 Å². The predicted molar refractivity (Wildman–Crippen MR) is 72.5 cm³/mol. The minimum atomic E-state index is -4.33. The Morgan fingerprint density at radius 2 is 1.90 bits per heavy atom. The first-order valence-electron chi connectivity index (χ1n) is 6.50. The van der Waals surface area contributed by atoms with E-state index < -0.39 is 12.8 Å². The number of nitrogens with one attached hydrogen (secondary N) is 1. The maximum absolute atomic E-state index is 12.1. The topological polar surface area (TPSA) is 39.7 Å². The van der Waals surface area contributed by atoms with Gasteiger partial charge in [-0.1, -0.05) is 18.2 Å². The molecule has 1 N–H and O–H groups in total. The molecule has 1 aromatic carbocycles. The molecule has 0 fully saturated rings. The summed E-state index contributed by atoms with van der Waals surface area (Å²) < 4.78 is 51.5. The number of methoxy groups -OCH3 is 1. The van der Waals surface area contributed by atoms with Crippen LogP contribution in [0.4, 0.5) is 13.2 Å². The Hall–Kier alpha value is -1.31. The third-order valence-electron chi connectivity index (χ3n) is 2.74. The predicted octanol–water partition coefficient (Wildman–Crippen LogP) is 2.55. The Labute approximate surface area is 122 Å². The fourth-order valence-electron chi connectivity index (χ4n) is 1.76. The molecule has 0 bridgehead atoms. The number of hydrogen-bond acceptors (Lipinski definition) is 4. The van der Waals surface area contributed by atoms with Crippen molar-refractivity contribution < 1.29 is 27.4 Å². The van der Waals surface area contributed by atoms with Crippen LogP contribution in [0.3, 0.4) is 0 Å². The quantitative estimate of drug-likeness (QED) is 0.712. The van der Waals surface area contributed by atoms with Crippen molar-refractivity contribution in [3.05, 3.63) is 29.8 Å². The van der Waals surface area contributed by atoms with Crippen LogP contribution in [-0.4, -0.2) is 46.8 Å². The molecule has 1 unspecified atom stereocenters. The summed E-state index contributed by atoms with van der Waals surface area (Å²) in [5, 5.41) is 2.93. The highest BCUT2D eigenvalue weighted by Gasteiger charge is 2.28. The first kappa shape index (κ1) is 17.7. The van der Waals surface area contributed by atoms with E-state index in [1.807, 2.05) is 0 Å². The smallest absolute Gasteiger partial charge is 0.411 e. The van der Waals surface area contributed by atoms with E-state index in [2.05, 4.69) is 5.32 Å². The van der Waals surface area contributed by atoms with Crippen molar-refractivity contribution in [2.24, 2.45) is 0 Å². The van der Waals surface area contributed by atoms with E-state index in [0.717, 1.165) is 5.56 Å². The van der Waals surface area contributed by atoms with Crippen molar-refractivity contribution in [2.45, 2.75) is 12.2 Å². The number of alkyl halides is 3. The first-order chi connectivity index (χ1) is 9.98. The van der Waals surface area contributed by atoms with Crippen LogP contribution in [0.15, 0.2) is 24.3 Å². The summed E-state index contributed by atoms with van der Waals surface area (Å²) in [5.74, 6) is 0.601. The number of rotatable bonds is 9. The Morgan fingerprint density at radius 1 is 1.19 bits per heavy atom. The van der Waals surface area contributed by atoms with Gasteiger partial charge in [0, 0.05) is 12.7 Å².